The Morgan fingerprint density at radius 3 is 2.92 bits per heavy atom. The first kappa shape index (κ1) is 16.5. The summed E-state index contributed by atoms with van der Waals surface area (Å²) in [6.07, 6.45) is 4.58. The number of aryl methyl sites for hydroxylation is 1. The zero-order valence-corrected chi connectivity index (χ0v) is 14.1. The molecule has 0 aliphatic carbocycles. The second-order valence-electron chi connectivity index (χ2n) is 6.19. The molecular formula is C18H23N3O3. The molecule has 1 fully saturated rings. The van der Waals surface area contributed by atoms with Crippen LogP contribution in [-0.4, -0.2) is 45.7 Å². The van der Waals surface area contributed by atoms with Gasteiger partial charge in [-0.1, -0.05) is 12.1 Å². The fourth-order valence-electron chi connectivity index (χ4n) is 3.32. The summed E-state index contributed by atoms with van der Waals surface area (Å²) in [5.74, 6) is 1.16. The highest BCUT2D eigenvalue weighted by atomic mass is 16.5. The second-order valence-corrected chi connectivity index (χ2v) is 6.19. The molecule has 0 saturated carbocycles. The van der Waals surface area contributed by atoms with Gasteiger partial charge in [-0.2, -0.15) is 0 Å². The molecule has 6 nitrogen and oxygen atoms in total. The van der Waals surface area contributed by atoms with E-state index in [2.05, 4.69) is 4.98 Å². The number of nitrogens with zero attached hydrogens (tertiary/aromatic N) is 3. The molecule has 6 heteroatoms. The topological polar surface area (TPSA) is 67.6 Å². The zero-order chi connectivity index (χ0) is 17.1. The number of hydrogen-bond acceptors (Lipinski definition) is 4. The summed E-state index contributed by atoms with van der Waals surface area (Å²) in [6, 6.07) is 7.25. The van der Waals surface area contributed by atoms with Gasteiger partial charge in [-0.3, -0.25) is 4.79 Å². The van der Waals surface area contributed by atoms with E-state index in [1.165, 1.54) is 0 Å². The summed E-state index contributed by atoms with van der Waals surface area (Å²) in [6.45, 7) is 1.21. The highest BCUT2D eigenvalue weighted by Gasteiger charge is 2.32. The monoisotopic (exact) mass is 329 g/mol. The van der Waals surface area contributed by atoms with Gasteiger partial charge in [0.2, 0.25) is 0 Å². The quantitative estimate of drug-likeness (QED) is 0.932. The Kier molecular flexibility index (Phi) is 4.85. The van der Waals surface area contributed by atoms with Crippen LogP contribution < -0.4 is 4.74 Å². The molecule has 1 N–H and O–H groups in total. The molecule has 1 amide bonds. The minimum atomic E-state index is -0.668. The first-order chi connectivity index (χ1) is 11.6. The lowest BCUT2D eigenvalue weighted by Crippen LogP contribution is -2.42. The molecule has 1 aliphatic rings. The minimum absolute atomic E-state index is 0.0153. The largest absolute Gasteiger partial charge is 0.496 e. The highest BCUT2D eigenvalue weighted by Crippen LogP contribution is 2.30. The SMILES string of the molecule is COc1ccccc1C(=O)N1CCCC(C(O)c2nccn2C)C1. The molecular weight excluding hydrogens is 306 g/mol. The van der Waals surface area contributed by atoms with Crippen molar-refractivity contribution in [1.82, 2.24) is 14.5 Å². The van der Waals surface area contributed by atoms with Crippen LogP contribution in [0.25, 0.3) is 0 Å². The van der Waals surface area contributed by atoms with E-state index in [0.29, 0.717) is 30.2 Å². The highest BCUT2D eigenvalue weighted by molar-refractivity contribution is 5.97. The molecule has 1 saturated heterocycles. The third kappa shape index (κ3) is 3.14. The van der Waals surface area contributed by atoms with Crippen molar-refractivity contribution in [2.24, 2.45) is 13.0 Å². The van der Waals surface area contributed by atoms with Crippen LogP contribution in [0, 0.1) is 5.92 Å². The lowest BCUT2D eigenvalue weighted by Gasteiger charge is -2.35. The number of hydrogen-bond donors (Lipinski definition) is 1. The molecule has 2 aromatic rings. The van der Waals surface area contributed by atoms with Crippen LogP contribution in [0.5, 0.6) is 5.75 Å². The van der Waals surface area contributed by atoms with Crippen LogP contribution in [0.15, 0.2) is 36.7 Å². The standard InChI is InChI=1S/C18H23N3O3/c1-20-11-9-19-17(20)16(22)13-6-5-10-21(12-13)18(23)14-7-3-4-8-15(14)24-2/h3-4,7-9,11,13,16,22H,5-6,10,12H2,1-2H3. The van der Waals surface area contributed by atoms with Gasteiger partial charge in [-0.15, -0.1) is 0 Å². The van der Waals surface area contributed by atoms with E-state index in [1.807, 2.05) is 29.9 Å². The molecule has 2 unspecified atom stereocenters. The van der Waals surface area contributed by atoms with Gasteiger partial charge in [0.15, 0.2) is 0 Å². The van der Waals surface area contributed by atoms with Crippen LogP contribution in [0.3, 0.4) is 0 Å². The maximum atomic E-state index is 12.8. The number of ether oxygens (including phenoxy) is 1. The van der Waals surface area contributed by atoms with E-state index in [1.54, 1.807) is 30.3 Å². The summed E-state index contributed by atoms with van der Waals surface area (Å²) in [5, 5.41) is 10.6. The van der Waals surface area contributed by atoms with E-state index in [-0.39, 0.29) is 11.8 Å². The number of carbonyl (C=O) groups excluding carboxylic acids is 1. The number of piperidine rings is 1. The van der Waals surface area contributed by atoms with E-state index >= 15 is 0 Å². The summed E-state index contributed by atoms with van der Waals surface area (Å²) in [4.78, 5) is 18.9. The Hall–Kier alpha value is -2.34. The predicted molar refractivity (Wildman–Crippen MR) is 89.8 cm³/mol. The van der Waals surface area contributed by atoms with E-state index in [0.717, 1.165) is 12.8 Å². The molecule has 128 valence electrons. The lowest BCUT2D eigenvalue weighted by molar-refractivity contribution is 0.0356. The van der Waals surface area contributed by atoms with Crippen LogP contribution in [0.2, 0.25) is 0 Å². The average molecular weight is 329 g/mol. The average Bonchev–Trinajstić information content (AvgIpc) is 3.06. The number of aromatic nitrogens is 2. The van der Waals surface area contributed by atoms with Gasteiger partial charge in [0.25, 0.3) is 5.91 Å². The van der Waals surface area contributed by atoms with Gasteiger partial charge in [0, 0.05) is 38.4 Å². The predicted octanol–water partition coefficient (Wildman–Crippen LogP) is 2.01. The number of amides is 1. The fraction of sp³-hybridized carbons (Fsp3) is 0.444. The molecule has 1 aliphatic heterocycles. The molecule has 2 heterocycles. The van der Waals surface area contributed by atoms with Crippen LogP contribution in [0.1, 0.15) is 35.1 Å². The van der Waals surface area contributed by atoms with Crippen molar-refractivity contribution in [3.05, 3.63) is 48.0 Å². The minimum Gasteiger partial charge on any atom is -0.496 e. The van der Waals surface area contributed by atoms with E-state index in [9.17, 15) is 9.90 Å². The Morgan fingerprint density at radius 1 is 1.42 bits per heavy atom. The third-order valence-corrected chi connectivity index (χ3v) is 4.65. The van der Waals surface area contributed by atoms with Crippen LogP contribution >= 0.6 is 0 Å². The molecule has 0 radical (unpaired) electrons. The summed E-state index contributed by atoms with van der Waals surface area (Å²) < 4.78 is 7.12. The maximum absolute atomic E-state index is 12.8. The number of methoxy groups -OCH3 is 1. The molecule has 0 bridgehead atoms. The lowest BCUT2D eigenvalue weighted by atomic mass is 9.91. The summed E-state index contributed by atoms with van der Waals surface area (Å²) in [7, 11) is 3.43. The van der Waals surface area contributed by atoms with Crippen molar-refractivity contribution in [3.8, 4) is 5.75 Å². The molecule has 0 spiro atoms. The van der Waals surface area contributed by atoms with Crippen molar-refractivity contribution in [1.29, 1.82) is 0 Å². The Labute approximate surface area is 141 Å². The number of likely N-dealkylation sites (tertiary alicyclic amines) is 1. The number of benzene rings is 1. The first-order valence-corrected chi connectivity index (χ1v) is 8.19. The van der Waals surface area contributed by atoms with Crippen molar-refractivity contribution in [2.75, 3.05) is 20.2 Å². The van der Waals surface area contributed by atoms with Crippen molar-refractivity contribution in [2.45, 2.75) is 18.9 Å². The third-order valence-electron chi connectivity index (χ3n) is 4.65. The van der Waals surface area contributed by atoms with Crippen molar-refractivity contribution >= 4 is 5.91 Å². The van der Waals surface area contributed by atoms with E-state index in [4.69, 9.17) is 4.74 Å². The summed E-state index contributed by atoms with van der Waals surface area (Å²) in [5.41, 5.74) is 0.562. The number of para-hydroxylation sites is 1. The van der Waals surface area contributed by atoms with Gasteiger partial charge in [0.05, 0.1) is 12.7 Å². The normalized spacial score (nSPS) is 19.1. The van der Waals surface area contributed by atoms with Crippen molar-refractivity contribution < 1.29 is 14.6 Å². The number of imidazole rings is 1. The second kappa shape index (κ2) is 7.05. The molecule has 3 rings (SSSR count). The molecule has 24 heavy (non-hydrogen) atoms. The number of rotatable bonds is 4. The van der Waals surface area contributed by atoms with E-state index < -0.39 is 6.10 Å². The number of carbonyl (C=O) groups is 1. The van der Waals surface area contributed by atoms with Gasteiger partial charge in [-0.25, -0.2) is 4.98 Å². The van der Waals surface area contributed by atoms with Crippen LogP contribution in [0.4, 0.5) is 0 Å². The number of aliphatic hydroxyl groups excluding tert-OH is 1. The van der Waals surface area contributed by atoms with Gasteiger partial charge < -0.3 is 19.3 Å². The van der Waals surface area contributed by atoms with Crippen molar-refractivity contribution in [3.63, 3.8) is 0 Å². The maximum Gasteiger partial charge on any atom is 0.257 e. The smallest absolute Gasteiger partial charge is 0.257 e. The Morgan fingerprint density at radius 2 is 2.21 bits per heavy atom. The molecule has 1 aromatic heterocycles. The summed E-state index contributed by atoms with van der Waals surface area (Å²) >= 11 is 0. The molecule has 2 atom stereocenters. The Balaban J connectivity index is 1.76. The van der Waals surface area contributed by atoms with Gasteiger partial charge in [0.1, 0.15) is 17.7 Å². The Bertz CT molecular complexity index is 713. The van der Waals surface area contributed by atoms with Gasteiger partial charge >= 0.3 is 0 Å². The van der Waals surface area contributed by atoms with Crippen LogP contribution in [-0.2, 0) is 7.05 Å². The fourth-order valence-corrected chi connectivity index (χ4v) is 3.32. The first-order valence-electron chi connectivity index (χ1n) is 8.19. The number of aliphatic hydroxyl groups is 1. The molecule has 1 aromatic carbocycles. The zero-order valence-electron chi connectivity index (χ0n) is 14.1. The van der Waals surface area contributed by atoms with Gasteiger partial charge in [-0.05, 0) is 25.0 Å².